The average Bonchev–Trinajstić information content (AvgIpc) is 3.51. The van der Waals surface area contributed by atoms with Gasteiger partial charge in [0.25, 0.3) is 0 Å². The van der Waals surface area contributed by atoms with E-state index in [4.69, 9.17) is 11.5 Å². The lowest BCUT2D eigenvalue weighted by molar-refractivity contribution is -0.144. The van der Waals surface area contributed by atoms with Crippen molar-refractivity contribution in [1.29, 1.82) is 0 Å². The lowest BCUT2D eigenvalue weighted by Crippen LogP contribution is -2.60. The topological polar surface area (TPSA) is 284 Å². The maximum Gasteiger partial charge on any atom is 0.326 e. The van der Waals surface area contributed by atoms with Crippen LogP contribution in [0.4, 0.5) is 0 Å². The summed E-state index contributed by atoms with van der Waals surface area (Å²) in [7, 11) is 0. The van der Waals surface area contributed by atoms with Crippen molar-refractivity contribution >= 4 is 41.4 Å². The molecule has 6 atom stereocenters. The zero-order chi connectivity index (χ0) is 37.0. The summed E-state index contributed by atoms with van der Waals surface area (Å²) in [5.74, 6) is -6.79. The molecule has 0 unspecified atom stereocenters. The molecule has 49 heavy (non-hydrogen) atoms. The van der Waals surface area contributed by atoms with Crippen LogP contribution in [0.25, 0.3) is 0 Å². The molecule has 1 aromatic rings. The number of carbonyl (C=O) groups excluding carboxylic acids is 6. The van der Waals surface area contributed by atoms with Gasteiger partial charge in [0.1, 0.15) is 36.0 Å². The number of nitrogens with zero attached hydrogens (tertiary/aromatic N) is 1. The van der Waals surface area contributed by atoms with E-state index < -0.39 is 96.6 Å². The summed E-state index contributed by atoms with van der Waals surface area (Å²) < 4.78 is 0. The number of amides is 6. The molecule has 6 amide bonds. The van der Waals surface area contributed by atoms with Gasteiger partial charge in [-0.1, -0.05) is 39.8 Å². The first-order valence-corrected chi connectivity index (χ1v) is 16.1. The number of phenols is 1. The number of benzene rings is 1. The van der Waals surface area contributed by atoms with Crippen LogP contribution in [0.3, 0.4) is 0 Å². The Hall–Kier alpha value is -4.77. The Balaban J connectivity index is 2.25. The molecule has 0 spiro atoms. The van der Waals surface area contributed by atoms with Gasteiger partial charge in [-0.15, -0.1) is 0 Å². The van der Waals surface area contributed by atoms with Crippen molar-refractivity contribution in [2.75, 3.05) is 13.2 Å². The van der Waals surface area contributed by atoms with Crippen LogP contribution in [0.1, 0.15) is 58.9 Å². The molecule has 17 heteroatoms. The van der Waals surface area contributed by atoms with Crippen molar-refractivity contribution in [1.82, 2.24) is 26.2 Å². The number of aliphatic hydroxyl groups is 1. The third-order valence-electron chi connectivity index (χ3n) is 7.97. The van der Waals surface area contributed by atoms with Crippen LogP contribution in [0.15, 0.2) is 24.3 Å². The normalized spacial score (nSPS) is 17.4. The van der Waals surface area contributed by atoms with E-state index in [0.717, 1.165) is 0 Å². The second kappa shape index (κ2) is 18.7. The van der Waals surface area contributed by atoms with E-state index in [2.05, 4.69) is 21.3 Å². The van der Waals surface area contributed by atoms with Crippen molar-refractivity contribution in [2.45, 2.75) is 96.1 Å². The first-order valence-electron chi connectivity index (χ1n) is 16.1. The van der Waals surface area contributed by atoms with E-state index in [1.54, 1.807) is 13.8 Å². The number of aliphatic hydroxyl groups excluding tert-OH is 1. The minimum Gasteiger partial charge on any atom is -0.508 e. The number of phenolic OH excluding ortho intramolecular Hbond substituents is 1. The van der Waals surface area contributed by atoms with Crippen molar-refractivity contribution in [3.05, 3.63) is 29.8 Å². The summed E-state index contributed by atoms with van der Waals surface area (Å²) >= 11 is 0. The maximum atomic E-state index is 13.6. The first kappa shape index (κ1) is 40.4. The number of carboxylic acids is 1. The lowest BCUT2D eigenvalue weighted by atomic mass is 10.00. The number of aliphatic carboxylic acids is 1. The lowest BCUT2D eigenvalue weighted by Gasteiger charge is -2.29. The predicted octanol–water partition coefficient (Wildman–Crippen LogP) is -2.15. The zero-order valence-electron chi connectivity index (χ0n) is 28.2. The molecule has 0 aliphatic carbocycles. The van der Waals surface area contributed by atoms with Gasteiger partial charge in [-0.05, 0) is 48.8 Å². The molecule has 0 radical (unpaired) electrons. The van der Waals surface area contributed by atoms with Gasteiger partial charge in [0.15, 0.2) is 0 Å². The summed E-state index contributed by atoms with van der Waals surface area (Å²) in [6, 6.07) is -1.90. The second-order valence-corrected chi connectivity index (χ2v) is 12.9. The number of rotatable bonds is 18. The van der Waals surface area contributed by atoms with Crippen molar-refractivity contribution in [2.24, 2.45) is 23.3 Å². The number of carbonyl (C=O) groups is 7. The number of carboxylic acid groups (broad SMARTS) is 1. The van der Waals surface area contributed by atoms with Crippen LogP contribution >= 0.6 is 0 Å². The Morgan fingerprint density at radius 2 is 1.47 bits per heavy atom. The van der Waals surface area contributed by atoms with E-state index in [-0.39, 0.29) is 18.1 Å². The molecule has 0 aromatic heterocycles. The average molecular weight is 692 g/mol. The van der Waals surface area contributed by atoms with Crippen molar-refractivity contribution in [3.63, 3.8) is 0 Å². The van der Waals surface area contributed by atoms with Crippen LogP contribution in [-0.2, 0) is 40.0 Å². The van der Waals surface area contributed by atoms with Gasteiger partial charge in [0.2, 0.25) is 35.4 Å². The van der Waals surface area contributed by atoms with Crippen LogP contribution in [0, 0.1) is 11.8 Å². The smallest absolute Gasteiger partial charge is 0.326 e. The number of hydrogen-bond acceptors (Lipinski definition) is 10. The molecule has 1 aromatic carbocycles. The van der Waals surface area contributed by atoms with E-state index in [9.17, 15) is 48.9 Å². The van der Waals surface area contributed by atoms with Crippen LogP contribution in [-0.4, -0.2) is 111 Å². The highest BCUT2D eigenvalue weighted by Gasteiger charge is 2.38. The van der Waals surface area contributed by atoms with Crippen LogP contribution in [0.5, 0.6) is 5.75 Å². The Morgan fingerprint density at radius 1 is 0.878 bits per heavy atom. The number of hydrogen-bond donors (Lipinski definition) is 9. The summed E-state index contributed by atoms with van der Waals surface area (Å²) in [5, 5.41) is 38.8. The molecule has 11 N–H and O–H groups in total. The van der Waals surface area contributed by atoms with Gasteiger partial charge in [0.05, 0.1) is 19.1 Å². The molecule has 272 valence electrons. The zero-order valence-corrected chi connectivity index (χ0v) is 28.2. The molecule has 1 fully saturated rings. The fraction of sp³-hybridized carbons (Fsp3) is 0.594. The summed E-state index contributed by atoms with van der Waals surface area (Å²) in [6.07, 6.45) is 0.421. The molecule has 0 saturated carbocycles. The Morgan fingerprint density at radius 3 is 2.00 bits per heavy atom. The van der Waals surface area contributed by atoms with Crippen molar-refractivity contribution < 1.29 is 48.9 Å². The highest BCUT2D eigenvalue weighted by Crippen LogP contribution is 2.20. The summed E-state index contributed by atoms with van der Waals surface area (Å²) in [5.41, 5.74) is 11.6. The largest absolute Gasteiger partial charge is 0.508 e. The minimum absolute atomic E-state index is 0.0538. The fourth-order valence-electron chi connectivity index (χ4n) is 5.39. The molecule has 1 saturated heterocycles. The standard InChI is InChI=1S/C32H49N7O10/c1-16(2)12-20(33)31(47)39-11-5-6-24(39)29(45)37-23(15-40)28(44)35-21(13-18-7-9-19(41)10-8-18)27(43)38-26(17(3)4)30(46)36-22(32(48)49)14-25(34)42/h7-10,16-17,20-24,26,40-41H,5-6,11-15,33H2,1-4H3,(H2,34,42)(H,35,44)(H,36,46)(H,37,45)(H,38,43)(H,48,49)/t20-,21-,22-,23-,24-,26-/m0/s1. The highest BCUT2D eigenvalue weighted by molar-refractivity contribution is 5.97. The highest BCUT2D eigenvalue weighted by atomic mass is 16.4. The summed E-state index contributed by atoms with van der Waals surface area (Å²) in [4.78, 5) is 90.6. The molecule has 0 bridgehead atoms. The number of aromatic hydroxyl groups is 1. The van der Waals surface area contributed by atoms with Crippen LogP contribution in [0.2, 0.25) is 0 Å². The van der Waals surface area contributed by atoms with Gasteiger partial charge < -0.3 is 53.0 Å². The Kier molecular flexibility index (Phi) is 15.4. The third kappa shape index (κ3) is 12.3. The molecule has 1 aliphatic heterocycles. The number of nitrogens with two attached hydrogens (primary N) is 2. The van der Waals surface area contributed by atoms with Gasteiger partial charge in [-0.25, -0.2) is 4.79 Å². The number of likely N-dealkylation sites (tertiary alicyclic amines) is 1. The van der Waals surface area contributed by atoms with E-state index >= 15 is 0 Å². The monoisotopic (exact) mass is 691 g/mol. The van der Waals surface area contributed by atoms with Crippen molar-refractivity contribution in [3.8, 4) is 5.75 Å². The Labute approximate surface area is 284 Å². The van der Waals surface area contributed by atoms with E-state index in [1.807, 2.05) is 13.8 Å². The molecular formula is C32H49N7O10. The molecule has 1 aliphatic rings. The number of primary amides is 1. The molecule has 1 heterocycles. The Bertz CT molecular complexity index is 1350. The van der Waals surface area contributed by atoms with Gasteiger partial charge in [-0.3, -0.25) is 28.8 Å². The second-order valence-electron chi connectivity index (χ2n) is 12.9. The van der Waals surface area contributed by atoms with Gasteiger partial charge in [0, 0.05) is 13.0 Å². The fourth-order valence-corrected chi connectivity index (χ4v) is 5.39. The van der Waals surface area contributed by atoms with Crippen LogP contribution < -0.4 is 32.7 Å². The number of nitrogens with one attached hydrogen (secondary N) is 4. The van der Waals surface area contributed by atoms with Gasteiger partial charge >= 0.3 is 5.97 Å². The third-order valence-corrected chi connectivity index (χ3v) is 7.97. The van der Waals surface area contributed by atoms with E-state index in [0.29, 0.717) is 31.4 Å². The van der Waals surface area contributed by atoms with Gasteiger partial charge in [-0.2, -0.15) is 0 Å². The quantitative estimate of drug-likeness (QED) is 0.0800. The predicted molar refractivity (Wildman–Crippen MR) is 175 cm³/mol. The summed E-state index contributed by atoms with van der Waals surface area (Å²) in [6.45, 7) is 6.43. The molecular weight excluding hydrogens is 642 g/mol. The van der Waals surface area contributed by atoms with E-state index in [1.165, 1.54) is 29.2 Å². The molecule has 2 rings (SSSR count). The molecule has 17 nitrogen and oxygen atoms in total. The maximum absolute atomic E-state index is 13.6. The first-order chi connectivity index (χ1) is 22.9. The SMILES string of the molecule is CC(C)C[C@H](N)C(=O)N1CCC[C@H]1C(=O)N[C@@H](CO)C(=O)N[C@@H](Cc1ccc(O)cc1)C(=O)N[C@H](C(=O)N[C@@H](CC(N)=O)C(=O)O)C(C)C. The minimum atomic E-state index is -1.65.